The quantitative estimate of drug-likeness (QED) is 0.314. The molecule has 0 aromatic rings. The van der Waals surface area contributed by atoms with E-state index in [1.807, 2.05) is 0 Å². The minimum atomic E-state index is -2.33. The van der Waals surface area contributed by atoms with Gasteiger partial charge in [-0.25, -0.2) is 0 Å². The zero-order chi connectivity index (χ0) is 3.58. The molecule has 0 bridgehead atoms. The van der Waals surface area contributed by atoms with E-state index in [0.29, 0.717) is 0 Å². The molecule has 0 aliphatic heterocycles. The van der Waals surface area contributed by atoms with Gasteiger partial charge in [-0.1, -0.05) is 0 Å². The van der Waals surface area contributed by atoms with Gasteiger partial charge in [0, 0.05) is 0 Å². The second-order valence-electron chi connectivity index (χ2n) is 0.250. The standard InChI is InChI=1S/CH2O3.Mn.Na/c2-1(3)4;;/h(H2,2,3,4);;/q;+2;+1/p-2. The molecule has 0 amide bonds. The third-order valence-electron chi connectivity index (χ3n) is 0. The largest absolute Gasteiger partial charge is 2.00 e. The Bertz CT molecular complexity index is 33.8. The van der Waals surface area contributed by atoms with Crippen molar-refractivity contribution in [1.82, 2.24) is 0 Å². The summed E-state index contributed by atoms with van der Waals surface area (Å²) in [6.07, 6.45) is -2.33. The van der Waals surface area contributed by atoms with Gasteiger partial charge in [-0.15, -0.1) is 0 Å². The van der Waals surface area contributed by atoms with Crippen molar-refractivity contribution >= 4 is 6.16 Å². The average Bonchev–Trinajstić information content (AvgIpc) is 0.811. The van der Waals surface area contributed by atoms with Crippen LogP contribution >= 0.6 is 0 Å². The molecular formula is CMnNaO3+. The van der Waals surface area contributed by atoms with Gasteiger partial charge in [0.2, 0.25) is 0 Å². The fourth-order valence-electron chi connectivity index (χ4n) is 0. The van der Waals surface area contributed by atoms with Crippen molar-refractivity contribution in [2.24, 2.45) is 0 Å². The van der Waals surface area contributed by atoms with E-state index in [-0.39, 0.29) is 46.6 Å². The predicted molar refractivity (Wildman–Crippen MR) is 5.40 cm³/mol. The van der Waals surface area contributed by atoms with Crippen molar-refractivity contribution in [1.29, 1.82) is 0 Å². The third-order valence-corrected chi connectivity index (χ3v) is 0. The fourth-order valence-corrected chi connectivity index (χ4v) is 0. The predicted octanol–water partition coefficient (Wildman–Crippen LogP) is -5.45. The Morgan fingerprint density at radius 1 is 1.33 bits per heavy atom. The molecule has 0 rings (SSSR count). The molecule has 0 fully saturated rings. The van der Waals surface area contributed by atoms with Crippen molar-refractivity contribution in [3.05, 3.63) is 0 Å². The number of hydrogen-bond acceptors (Lipinski definition) is 3. The van der Waals surface area contributed by atoms with E-state index < -0.39 is 6.16 Å². The first-order valence-electron chi connectivity index (χ1n) is 0.612. The summed E-state index contributed by atoms with van der Waals surface area (Å²) in [7, 11) is 0. The Hall–Kier alpha value is 0.789. The maximum atomic E-state index is 8.33. The molecular weight excluding hydrogens is 138 g/mol. The molecule has 6 heavy (non-hydrogen) atoms. The van der Waals surface area contributed by atoms with Gasteiger partial charge >= 0.3 is 46.6 Å². The van der Waals surface area contributed by atoms with Crippen molar-refractivity contribution in [3.63, 3.8) is 0 Å². The van der Waals surface area contributed by atoms with E-state index in [4.69, 9.17) is 15.0 Å². The van der Waals surface area contributed by atoms with E-state index in [2.05, 4.69) is 0 Å². The van der Waals surface area contributed by atoms with Gasteiger partial charge < -0.3 is 15.0 Å². The van der Waals surface area contributed by atoms with Gasteiger partial charge in [0.1, 0.15) is 0 Å². The summed E-state index contributed by atoms with van der Waals surface area (Å²) < 4.78 is 0. The van der Waals surface area contributed by atoms with E-state index >= 15 is 0 Å². The summed E-state index contributed by atoms with van der Waals surface area (Å²) in [4.78, 5) is 8.33. The number of rotatable bonds is 0. The van der Waals surface area contributed by atoms with Crippen LogP contribution in [-0.2, 0) is 17.1 Å². The van der Waals surface area contributed by atoms with Crippen LogP contribution in [0.2, 0.25) is 0 Å². The fraction of sp³-hybridized carbons (Fsp3) is 0. The smallest absolute Gasteiger partial charge is 0.652 e. The van der Waals surface area contributed by atoms with Crippen molar-refractivity contribution in [2.75, 3.05) is 0 Å². The van der Waals surface area contributed by atoms with Gasteiger partial charge in [-0.3, -0.25) is 0 Å². The van der Waals surface area contributed by atoms with Crippen LogP contribution in [0.3, 0.4) is 0 Å². The van der Waals surface area contributed by atoms with E-state index in [1.165, 1.54) is 0 Å². The zero-order valence-electron chi connectivity index (χ0n) is 3.10. The molecule has 0 atom stereocenters. The first kappa shape index (κ1) is 15.8. The number of carbonyl (C=O) groups excluding carboxylic acids is 1. The monoisotopic (exact) mass is 138 g/mol. The normalized spacial score (nSPS) is 4.00. The first-order chi connectivity index (χ1) is 1.73. The average molecular weight is 138 g/mol. The Labute approximate surface area is 67.5 Å². The van der Waals surface area contributed by atoms with Crippen LogP contribution < -0.4 is 39.8 Å². The van der Waals surface area contributed by atoms with E-state index in [0.717, 1.165) is 0 Å². The molecule has 0 aliphatic carbocycles. The molecule has 0 unspecified atom stereocenters. The molecule has 0 spiro atoms. The molecule has 3 nitrogen and oxygen atoms in total. The summed E-state index contributed by atoms with van der Waals surface area (Å²) in [6.45, 7) is 0. The summed E-state index contributed by atoms with van der Waals surface area (Å²) in [6, 6.07) is 0. The van der Waals surface area contributed by atoms with E-state index in [1.54, 1.807) is 0 Å². The molecule has 0 saturated carbocycles. The second kappa shape index (κ2) is 9.25. The molecule has 0 aromatic carbocycles. The SMILES string of the molecule is O=C([O-])[O-].[Mn+2].[Na+]. The van der Waals surface area contributed by atoms with Crippen molar-refractivity contribution in [3.8, 4) is 0 Å². The van der Waals surface area contributed by atoms with Gasteiger partial charge in [0.25, 0.3) is 0 Å². The van der Waals surface area contributed by atoms with Crippen LogP contribution in [0.15, 0.2) is 0 Å². The first-order valence-corrected chi connectivity index (χ1v) is 0.612. The molecule has 1 radical (unpaired) electrons. The molecule has 0 aliphatic rings. The summed E-state index contributed by atoms with van der Waals surface area (Å²) in [5, 5.41) is 16.7. The molecule has 0 N–H and O–H groups in total. The van der Waals surface area contributed by atoms with Crippen molar-refractivity contribution in [2.45, 2.75) is 0 Å². The maximum absolute atomic E-state index is 8.33. The Morgan fingerprint density at radius 3 is 1.33 bits per heavy atom. The van der Waals surface area contributed by atoms with Gasteiger partial charge in [0.15, 0.2) is 0 Å². The molecule has 5 heteroatoms. The topological polar surface area (TPSA) is 63.2 Å². The summed E-state index contributed by atoms with van der Waals surface area (Å²) in [5.41, 5.74) is 0. The molecule has 29 valence electrons. The Kier molecular flexibility index (Phi) is 24.4. The summed E-state index contributed by atoms with van der Waals surface area (Å²) in [5.74, 6) is 0. The maximum Gasteiger partial charge on any atom is 2.00 e. The second-order valence-corrected chi connectivity index (χ2v) is 0.250. The molecule has 0 saturated heterocycles. The molecule has 0 heterocycles. The minimum Gasteiger partial charge on any atom is -0.652 e. The number of carbonyl (C=O) groups is 1. The van der Waals surface area contributed by atoms with Gasteiger partial charge in [0.05, 0.1) is 0 Å². The van der Waals surface area contributed by atoms with Crippen LogP contribution in [-0.4, -0.2) is 6.16 Å². The van der Waals surface area contributed by atoms with Crippen LogP contribution in [0.4, 0.5) is 4.79 Å². The van der Waals surface area contributed by atoms with Crippen molar-refractivity contribution < 1.29 is 61.6 Å². The van der Waals surface area contributed by atoms with Gasteiger partial charge in [-0.2, -0.15) is 0 Å². The third kappa shape index (κ3) is 110. The number of carboxylic acid groups (broad SMARTS) is 2. The summed E-state index contributed by atoms with van der Waals surface area (Å²) >= 11 is 0. The van der Waals surface area contributed by atoms with Gasteiger partial charge in [-0.05, 0) is 6.16 Å². The zero-order valence-corrected chi connectivity index (χ0v) is 6.28. The van der Waals surface area contributed by atoms with Crippen LogP contribution in [0.25, 0.3) is 0 Å². The van der Waals surface area contributed by atoms with Crippen LogP contribution in [0.1, 0.15) is 0 Å². The minimum absolute atomic E-state index is 0. The van der Waals surface area contributed by atoms with Crippen LogP contribution in [0.5, 0.6) is 0 Å². The van der Waals surface area contributed by atoms with Crippen LogP contribution in [0, 0.1) is 0 Å². The number of hydrogen-bond donors (Lipinski definition) is 0. The van der Waals surface area contributed by atoms with E-state index in [9.17, 15) is 0 Å². The Morgan fingerprint density at radius 2 is 1.33 bits per heavy atom. The molecule has 0 aromatic heterocycles. The Balaban J connectivity index is -0.0000000450.